The molecule has 5 nitrogen and oxygen atoms in total. The number of carboxylic acids is 1. The normalized spacial score (nSPS) is 11.7. The zero-order chi connectivity index (χ0) is 14.0. The topological polar surface area (TPSA) is 69.6 Å². The third-order valence-corrected chi connectivity index (χ3v) is 2.83. The molecular formula is C13H24N2O3. The molecular weight excluding hydrogens is 232 g/mol. The Balaban J connectivity index is 3.91. The highest BCUT2D eigenvalue weighted by Crippen LogP contribution is 2.06. The van der Waals surface area contributed by atoms with Gasteiger partial charge in [-0.25, -0.2) is 4.79 Å². The van der Waals surface area contributed by atoms with Crippen molar-refractivity contribution in [2.24, 2.45) is 5.92 Å². The minimum atomic E-state index is -0.824. The minimum Gasteiger partial charge on any atom is -0.481 e. The molecule has 0 aromatic carbocycles. The third kappa shape index (κ3) is 7.70. The Morgan fingerprint density at radius 2 is 2.17 bits per heavy atom. The van der Waals surface area contributed by atoms with Crippen LogP contribution in [0.5, 0.6) is 0 Å². The molecule has 0 rings (SSSR count). The van der Waals surface area contributed by atoms with Crippen LogP contribution in [0.15, 0.2) is 12.7 Å². The van der Waals surface area contributed by atoms with Crippen LogP contribution in [-0.4, -0.2) is 42.1 Å². The summed E-state index contributed by atoms with van der Waals surface area (Å²) in [5.41, 5.74) is 0. The van der Waals surface area contributed by atoms with Crippen LogP contribution in [0.4, 0.5) is 4.79 Å². The van der Waals surface area contributed by atoms with E-state index in [0.717, 1.165) is 19.3 Å². The van der Waals surface area contributed by atoms with Crippen LogP contribution in [0, 0.1) is 5.92 Å². The fraction of sp³-hybridized carbons (Fsp3) is 0.692. The fourth-order valence-corrected chi connectivity index (χ4v) is 1.55. The van der Waals surface area contributed by atoms with Crippen LogP contribution in [0.2, 0.25) is 0 Å². The predicted molar refractivity (Wildman–Crippen MR) is 71.5 cm³/mol. The second-order valence-corrected chi connectivity index (χ2v) is 4.41. The molecule has 1 unspecified atom stereocenters. The maximum absolute atomic E-state index is 11.7. The van der Waals surface area contributed by atoms with Crippen molar-refractivity contribution in [1.82, 2.24) is 10.2 Å². The molecule has 2 N–H and O–H groups in total. The van der Waals surface area contributed by atoms with Crippen molar-refractivity contribution in [3.8, 4) is 0 Å². The van der Waals surface area contributed by atoms with Gasteiger partial charge < -0.3 is 15.3 Å². The molecule has 18 heavy (non-hydrogen) atoms. The van der Waals surface area contributed by atoms with E-state index in [-0.39, 0.29) is 18.4 Å². The number of carbonyl (C=O) groups excluding carboxylic acids is 1. The molecule has 0 aliphatic rings. The lowest BCUT2D eigenvalue weighted by Gasteiger charge is -2.20. The zero-order valence-corrected chi connectivity index (χ0v) is 11.3. The average Bonchev–Trinajstić information content (AvgIpc) is 2.33. The van der Waals surface area contributed by atoms with Crippen LogP contribution in [-0.2, 0) is 4.79 Å². The van der Waals surface area contributed by atoms with Gasteiger partial charge in [0.25, 0.3) is 0 Å². The van der Waals surface area contributed by atoms with E-state index >= 15 is 0 Å². The van der Waals surface area contributed by atoms with Crippen molar-refractivity contribution < 1.29 is 14.7 Å². The molecule has 0 aliphatic heterocycles. The molecule has 0 aromatic heterocycles. The van der Waals surface area contributed by atoms with Gasteiger partial charge >= 0.3 is 12.0 Å². The second kappa shape index (κ2) is 9.50. The van der Waals surface area contributed by atoms with Gasteiger partial charge in [0, 0.05) is 26.6 Å². The van der Waals surface area contributed by atoms with E-state index in [1.807, 2.05) is 13.0 Å². The number of aliphatic carboxylic acids is 1. The Labute approximate surface area is 109 Å². The van der Waals surface area contributed by atoms with Gasteiger partial charge in [-0.15, -0.1) is 6.58 Å². The highest BCUT2D eigenvalue weighted by molar-refractivity contribution is 5.74. The Hall–Kier alpha value is -1.52. The number of carboxylic acid groups (broad SMARTS) is 1. The number of urea groups is 1. The van der Waals surface area contributed by atoms with Gasteiger partial charge in [0.15, 0.2) is 0 Å². The highest BCUT2D eigenvalue weighted by atomic mass is 16.4. The number of carbonyl (C=O) groups is 2. The molecule has 0 fully saturated rings. The maximum atomic E-state index is 11.7. The summed E-state index contributed by atoms with van der Waals surface area (Å²) in [5.74, 6) is -0.830. The molecule has 5 heteroatoms. The molecule has 0 bridgehead atoms. The van der Waals surface area contributed by atoms with E-state index < -0.39 is 5.97 Å². The van der Waals surface area contributed by atoms with Crippen molar-refractivity contribution in [1.29, 1.82) is 0 Å². The number of amides is 2. The predicted octanol–water partition coefficient (Wildman–Crippen LogP) is 2.09. The van der Waals surface area contributed by atoms with Gasteiger partial charge in [0.05, 0.1) is 0 Å². The molecule has 0 heterocycles. The first-order chi connectivity index (χ1) is 8.51. The van der Waals surface area contributed by atoms with Gasteiger partial charge in [-0.05, 0) is 18.8 Å². The van der Waals surface area contributed by atoms with E-state index in [0.29, 0.717) is 13.1 Å². The highest BCUT2D eigenvalue weighted by Gasteiger charge is 2.14. The number of unbranched alkanes of at least 4 members (excludes halogenated alkanes) is 1. The third-order valence-electron chi connectivity index (χ3n) is 2.83. The second-order valence-electron chi connectivity index (χ2n) is 4.41. The monoisotopic (exact) mass is 256 g/mol. The first-order valence-corrected chi connectivity index (χ1v) is 6.32. The Kier molecular flexibility index (Phi) is 8.70. The standard InChI is InChI=1S/C13H24N2O3/c1-4-6-7-8-15(3)13(18)14-10-11(5-2)9-12(16)17/h4,11H,1,5-10H2,2-3H3,(H,14,18)(H,16,17). The molecule has 0 saturated heterocycles. The van der Waals surface area contributed by atoms with Crippen molar-refractivity contribution in [2.75, 3.05) is 20.1 Å². The summed E-state index contributed by atoms with van der Waals surface area (Å²) in [7, 11) is 1.73. The van der Waals surface area contributed by atoms with Crippen LogP contribution in [0.3, 0.4) is 0 Å². The molecule has 0 saturated carbocycles. The number of hydrogen-bond acceptors (Lipinski definition) is 2. The van der Waals surface area contributed by atoms with Crippen molar-refractivity contribution in [2.45, 2.75) is 32.6 Å². The quantitative estimate of drug-likeness (QED) is 0.490. The summed E-state index contributed by atoms with van der Waals surface area (Å²) in [5, 5.41) is 11.5. The SMILES string of the molecule is C=CCCCN(C)C(=O)NCC(CC)CC(=O)O. The summed E-state index contributed by atoms with van der Waals surface area (Å²) in [4.78, 5) is 23.9. The minimum absolute atomic E-state index is 0.00646. The zero-order valence-electron chi connectivity index (χ0n) is 11.3. The lowest BCUT2D eigenvalue weighted by molar-refractivity contribution is -0.138. The molecule has 2 amide bonds. The Morgan fingerprint density at radius 1 is 1.50 bits per heavy atom. The largest absolute Gasteiger partial charge is 0.481 e. The first kappa shape index (κ1) is 16.5. The van der Waals surface area contributed by atoms with Crippen LogP contribution < -0.4 is 5.32 Å². The maximum Gasteiger partial charge on any atom is 0.317 e. The summed E-state index contributed by atoms with van der Waals surface area (Å²) in [6.07, 6.45) is 4.43. The number of rotatable bonds is 9. The van der Waals surface area contributed by atoms with Crippen molar-refractivity contribution >= 4 is 12.0 Å². The van der Waals surface area contributed by atoms with Gasteiger partial charge in [-0.3, -0.25) is 4.79 Å². The van der Waals surface area contributed by atoms with Crippen molar-refractivity contribution in [3.63, 3.8) is 0 Å². The molecule has 0 radical (unpaired) electrons. The van der Waals surface area contributed by atoms with Gasteiger partial charge in [-0.1, -0.05) is 19.4 Å². The molecule has 0 aliphatic carbocycles. The lowest BCUT2D eigenvalue weighted by Crippen LogP contribution is -2.40. The number of nitrogens with zero attached hydrogens (tertiary/aromatic N) is 1. The van der Waals surface area contributed by atoms with Crippen LogP contribution in [0.1, 0.15) is 32.6 Å². The summed E-state index contributed by atoms with van der Waals surface area (Å²) < 4.78 is 0. The lowest BCUT2D eigenvalue weighted by atomic mass is 10.0. The molecule has 0 spiro atoms. The van der Waals surface area contributed by atoms with Crippen molar-refractivity contribution in [3.05, 3.63) is 12.7 Å². The smallest absolute Gasteiger partial charge is 0.317 e. The van der Waals surface area contributed by atoms with Gasteiger partial charge in [0.2, 0.25) is 0 Å². The summed E-state index contributed by atoms with van der Waals surface area (Å²) >= 11 is 0. The number of nitrogens with one attached hydrogen (secondary N) is 1. The molecule has 104 valence electrons. The fourth-order valence-electron chi connectivity index (χ4n) is 1.55. The van der Waals surface area contributed by atoms with E-state index in [1.54, 1.807) is 11.9 Å². The Morgan fingerprint density at radius 3 is 2.67 bits per heavy atom. The summed E-state index contributed by atoms with van der Waals surface area (Å²) in [6, 6.07) is -0.150. The molecule has 0 aromatic rings. The van der Waals surface area contributed by atoms with E-state index in [1.165, 1.54) is 0 Å². The van der Waals surface area contributed by atoms with E-state index in [4.69, 9.17) is 5.11 Å². The summed E-state index contributed by atoms with van der Waals surface area (Å²) in [6.45, 7) is 6.63. The average molecular weight is 256 g/mol. The Bertz CT molecular complexity index is 279. The molecule has 1 atom stereocenters. The van der Waals surface area contributed by atoms with Gasteiger partial charge in [-0.2, -0.15) is 0 Å². The number of hydrogen-bond donors (Lipinski definition) is 2. The van der Waals surface area contributed by atoms with E-state index in [9.17, 15) is 9.59 Å². The van der Waals surface area contributed by atoms with Crippen LogP contribution in [0.25, 0.3) is 0 Å². The number of allylic oxidation sites excluding steroid dienone is 1. The van der Waals surface area contributed by atoms with Gasteiger partial charge in [0.1, 0.15) is 0 Å². The van der Waals surface area contributed by atoms with Crippen LogP contribution >= 0.6 is 0 Å². The first-order valence-electron chi connectivity index (χ1n) is 6.32. The van der Waals surface area contributed by atoms with E-state index in [2.05, 4.69) is 11.9 Å².